The van der Waals surface area contributed by atoms with Gasteiger partial charge in [0.05, 0.1) is 0 Å². The van der Waals surface area contributed by atoms with Crippen LogP contribution in [0.15, 0.2) is 24.3 Å². The zero-order valence-corrected chi connectivity index (χ0v) is 11.1. The van der Waals surface area contributed by atoms with Gasteiger partial charge in [-0.3, -0.25) is 9.59 Å². The molecule has 1 aromatic carbocycles. The molecule has 0 aliphatic carbocycles. The predicted molar refractivity (Wildman–Crippen MR) is 73.2 cm³/mol. The molecule has 1 rings (SSSR count). The number of amides is 3. The Labute approximate surface area is 116 Å². The Hall–Kier alpha value is -2.57. The van der Waals surface area contributed by atoms with Gasteiger partial charge in [-0.1, -0.05) is 12.1 Å². The zero-order chi connectivity index (χ0) is 15.1. The number of nitrogens with one attached hydrogen (secondary N) is 2. The predicted octanol–water partition coefficient (Wildman–Crippen LogP) is 0.699. The molecule has 0 aliphatic rings. The van der Waals surface area contributed by atoms with Gasteiger partial charge in [0.2, 0.25) is 5.91 Å². The van der Waals surface area contributed by atoms with Crippen LogP contribution in [0.3, 0.4) is 0 Å². The molecule has 0 bridgehead atoms. The number of aliphatic carboxylic acids is 1. The minimum atomic E-state index is -0.853. The molecule has 7 heteroatoms. The van der Waals surface area contributed by atoms with E-state index in [1.807, 2.05) is 0 Å². The van der Waals surface area contributed by atoms with Crippen LogP contribution in [-0.4, -0.2) is 29.1 Å². The number of hydrogen-bond donors (Lipinski definition) is 4. The van der Waals surface area contributed by atoms with Crippen LogP contribution in [-0.2, 0) is 16.0 Å². The first-order valence-electron chi connectivity index (χ1n) is 6.06. The van der Waals surface area contributed by atoms with E-state index in [0.29, 0.717) is 12.1 Å². The number of carboxylic acids is 1. The number of carbonyl (C=O) groups excluding carboxylic acids is 2. The SMILES string of the molecule is CC(NC(N)=O)C(=O)Nc1ccc(CCC(=O)O)cc1. The second-order valence-electron chi connectivity index (χ2n) is 4.31. The molecule has 1 atom stereocenters. The molecule has 1 aromatic rings. The van der Waals surface area contributed by atoms with Gasteiger partial charge >= 0.3 is 12.0 Å². The molecule has 0 radical (unpaired) electrons. The monoisotopic (exact) mass is 279 g/mol. The van der Waals surface area contributed by atoms with Crippen molar-refractivity contribution in [3.8, 4) is 0 Å². The van der Waals surface area contributed by atoms with Crippen LogP contribution >= 0.6 is 0 Å². The van der Waals surface area contributed by atoms with Gasteiger partial charge in [-0.15, -0.1) is 0 Å². The maximum atomic E-state index is 11.7. The van der Waals surface area contributed by atoms with Crippen molar-refractivity contribution in [2.45, 2.75) is 25.8 Å². The molecular weight excluding hydrogens is 262 g/mol. The fourth-order valence-corrected chi connectivity index (χ4v) is 1.54. The number of carbonyl (C=O) groups is 3. The van der Waals surface area contributed by atoms with E-state index in [1.165, 1.54) is 6.92 Å². The molecular formula is C13H17N3O4. The quantitative estimate of drug-likeness (QED) is 0.612. The lowest BCUT2D eigenvalue weighted by Gasteiger charge is -2.12. The van der Waals surface area contributed by atoms with Gasteiger partial charge in [-0.05, 0) is 31.0 Å². The van der Waals surface area contributed by atoms with Gasteiger partial charge in [-0.25, -0.2) is 4.79 Å². The van der Waals surface area contributed by atoms with E-state index in [9.17, 15) is 14.4 Å². The normalized spacial score (nSPS) is 11.4. The molecule has 0 spiro atoms. The Kier molecular flexibility index (Phi) is 5.52. The van der Waals surface area contributed by atoms with Gasteiger partial charge in [-0.2, -0.15) is 0 Å². The molecule has 0 aromatic heterocycles. The van der Waals surface area contributed by atoms with Crippen LogP contribution in [0, 0.1) is 0 Å². The number of anilines is 1. The minimum absolute atomic E-state index is 0.0608. The molecule has 0 saturated carbocycles. The van der Waals surface area contributed by atoms with Gasteiger partial charge in [0.15, 0.2) is 0 Å². The Morgan fingerprint density at radius 3 is 2.35 bits per heavy atom. The molecule has 0 saturated heterocycles. The smallest absolute Gasteiger partial charge is 0.312 e. The van der Waals surface area contributed by atoms with Crippen molar-refractivity contribution in [1.82, 2.24) is 5.32 Å². The number of hydrogen-bond acceptors (Lipinski definition) is 3. The number of carboxylic acid groups (broad SMARTS) is 1. The van der Waals surface area contributed by atoms with Crippen molar-refractivity contribution in [1.29, 1.82) is 0 Å². The number of primary amides is 1. The minimum Gasteiger partial charge on any atom is -0.481 e. The second-order valence-corrected chi connectivity index (χ2v) is 4.31. The van der Waals surface area contributed by atoms with E-state index < -0.39 is 18.0 Å². The number of urea groups is 1. The summed E-state index contributed by atoms with van der Waals surface area (Å²) in [5.74, 6) is -1.24. The standard InChI is InChI=1S/C13H17N3O4/c1-8(15-13(14)20)12(19)16-10-5-2-9(3-6-10)4-7-11(17)18/h2-3,5-6,8H,4,7H2,1H3,(H,16,19)(H,17,18)(H3,14,15,20). The van der Waals surface area contributed by atoms with Crippen LogP contribution < -0.4 is 16.4 Å². The summed E-state index contributed by atoms with van der Waals surface area (Å²) in [6.07, 6.45) is 0.495. The molecule has 0 aliphatic heterocycles. The average Bonchev–Trinajstić information content (AvgIpc) is 2.37. The van der Waals surface area contributed by atoms with E-state index in [0.717, 1.165) is 5.56 Å². The first kappa shape index (κ1) is 15.5. The first-order chi connectivity index (χ1) is 9.38. The van der Waals surface area contributed by atoms with Crippen molar-refractivity contribution in [3.05, 3.63) is 29.8 Å². The van der Waals surface area contributed by atoms with Crippen LogP contribution in [0.5, 0.6) is 0 Å². The van der Waals surface area contributed by atoms with Crippen LogP contribution in [0.4, 0.5) is 10.5 Å². The lowest BCUT2D eigenvalue weighted by atomic mass is 10.1. The van der Waals surface area contributed by atoms with E-state index in [4.69, 9.17) is 10.8 Å². The summed E-state index contributed by atoms with van der Waals surface area (Å²) in [7, 11) is 0. The summed E-state index contributed by atoms with van der Waals surface area (Å²) in [5.41, 5.74) is 6.36. The summed E-state index contributed by atoms with van der Waals surface area (Å²) in [5, 5.41) is 13.5. The van der Waals surface area contributed by atoms with Crippen LogP contribution in [0.1, 0.15) is 18.9 Å². The third kappa shape index (κ3) is 5.38. The van der Waals surface area contributed by atoms with Gasteiger partial charge in [0, 0.05) is 12.1 Å². The number of benzene rings is 1. The Morgan fingerprint density at radius 2 is 1.85 bits per heavy atom. The number of rotatable bonds is 6. The Morgan fingerprint density at radius 1 is 1.25 bits per heavy atom. The van der Waals surface area contributed by atoms with E-state index >= 15 is 0 Å². The topological polar surface area (TPSA) is 122 Å². The highest BCUT2D eigenvalue weighted by Gasteiger charge is 2.13. The van der Waals surface area contributed by atoms with E-state index in [1.54, 1.807) is 24.3 Å². The van der Waals surface area contributed by atoms with Crippen molar-refractivity contribution in [3.63, 3.8) is 0 Å². The molecule has 0 fully saturated rings. The molecule has 20 heavy (non-hydrogen) atoms. The second kappa shape index (κ2) is 7.13. The molecule has 3 amide bonds. The maximum absolute atomic E-state index is 11.7. The van der Waals surface area contributed by atoms with Crippen molar-refractivity contribution >= 4 is 23.6 Å². The van der Waals surface area contributed by atoms with E-state index in [-0.39, 0.29) is 12.3 Å². The van der Waals surface area contributed by atoms with Crippen molar-refractivity contribution in [2.24, 2.45) is 5.73 Å². The lowest BCUT2D eigenvalue weighted by molar-refractivity contribution is -0.137. The Balaban J connectivity index is 2.54. The summed E-state index contributed by atoms with van der Waals surface area (Å²) in [6.45, 7) is 1.52. The third-order valence-electron chi connectivity index (χ3n) is 2.60. The molecule has 7 nitrogen and oxygen atoms in total. The summed E-state index contributed by atoms with van der Waals surface area (Å²) >= 11 is 0. The highest BCUT2D eigenvalue weighted by Crippen LogP contribution is 2.11. The molecule has 5 N–H and O–H groups in total. The maximum Gasteiger partial charge on any atom is 0.312 e. The van der Waals surface area contributed by atoms with E-state index in [2.05, 4.69) is 10.6 Å². The van der Waals surface area contributed by atoms with Crippen LogP contribution in [0.2, 0.25) is 0 Å². The fraction of sp³-hybridized carbons (Fsp3) is 0.308. The zero-order valence-electron chi connectivity index (χ0n) is 11.1. The van der Waals surface area contributed by atoms with Crippen molar-refractivity contribution in [2.75, 3.05) is 5.32 Å². The summed E-state index contributed by atoms with van der Waals surface area (Å²) < 4.78 is 0. The fourth-order valence-electron chi connectivity index (χ4n) is 1.54. The van der Waals surface area contributed by atoms with Gasteiger partial charge in [0.25, 0.3) is 0 Å². The molecule has 0 heterocycles. The molecule has 1 unspecified atom stereocenters. The molecule has 108 valence electrons. The lowest BCUT2D eigenvalue weighted by Crippen LogP contribution is -2.44. The van der Waals surface area contributed by atoms with Crippen LogP contribution in [0.25, 0.3) is 0 Å². The summed E-state index contributed by atoms with van der Waals surface area (Å²) in [6, 6.07) is 5.32. The largest absolute Gasteiger partial charge is 0.481 e. The Bertz CT molecular complexity index is 499. The highest BCUT2D eigenvalue weighted by atomic mass is 16.4. The van der Waals surface area contributed by atoms with Crippen molar-refractivity contribution < 1.29 is 19.5 Å². The van der Waals surface area contributed by atoms with Gasteiger partial charge < -0.3 is 21.5 Å². The number of aryl methyl sites for hydroxylation is 1. The summed E-state index contributed by atoms with van der Waals surface area (Å²) in [4.78, 5) is 32.8. The number of nitrogens with two attached hydrogens (primary N) is 1. The van der Waals surface area contributed by atoms with Gasteiger partial charge in [0.1, 0.15) is 6.04 Å². The third-order valence-corrected chi connectivity index (χ3v) is 2.60. The average molecular weight is 279 g/mol. The highest BCUT2D eigenvalue weighted by molar-refractivity contribution is 5.96. The first-order valence-corrected chi connectivity index (χ1v) is 6.06.